The number of hydrazone groups is 1. The van der Waals surface area contributed by atoms with Crippen LogP contribution in [0.3, 0.4) is 0 Å². The minimum Gasteiger partial charge on any atom is -0.454 e. The molecule has 0 saturated carbocycles. The summed E-state index contributed by atoms with van der Waals surface area (Å²) in [7, 11) is 0. The van der Waals surface area contributed by atoms with Crippen molar-refractivity contribution in [1.82, 2.24) is 5.43 Å². The van der Waals surface area contributed by atoms with Gasteiger partial charge in [-0.2, -0.15) is 5.10 Å². The zero-order valence-electron chi connectivity index (χ0n) is 23.2. The van der Waals surface area contributed by atoms with Gasteiger partial charge in [0.15, 0.2) is 11.5 Å². The molecular formula is C34H25ClN4O5. The van der Waals surface area contributed by atoms with E-state index in [4.69, 9.17) is 21.1 Å². The number of carbonyl (C=O) groups is 3. The lowest BCUT2D eigenvalue weighted by Crippen LogP contribution is -2.54. The Morgan fingerprint density at radius 2 is 1.59 bits per heavy atom. The van der Waals surface area contributed by atoms with Crippen molar-refractivity contribution in [3.63, 3.8) is 0 Å². The maximum atomic E-state index is 14.4. The third-order valence-electron chi connectivity index (χ3n) is 9.06. The zero-order chi connectivity index (χ0) is 30.0. The second-order valence-corrected chi connectivity index (χ2v) is 11.6. The fraction of sp³-hybridized carbons (Fsp3) is 0.176. The summed E-state index contributed by atoms with van der Waals surface area (Å²) in [4.78, 5) is 42.8. The third kappa shape index (κ3) is 3.72. The minimum absolute atomic E-state index is 0.0526. The van der Waals surface area contributed by atoms with Crippen LogP contribution in [0.15, 0.2) is 96.1 Å². The molecule has 1 fully saturated rings. The van der Waals surface area contributed by atoms with Crippen molar-refractivity contribution in [3.8, 4) is 11.5 Å². The second kappa shape index (κ2) is 9.96. The largest absolute Gasteiger partial charge is 0.454 e. The SMILES string of the molecule is O=C(CNc1ccc2c(c1)OCO2)N/N=C/C12c3ccccc3C(c3ccccc31)[C@@H]1C(=O)N(c3ccccc3Cl)C(=O)[C@H]12. The van der Waals surface area contributed by atoms with Gasteiger partial charge >= 0.3 is 0 Å². The number of hydrogen-bond donors (Lipinski definition) is 2. The van der Waals surface area contributed by atoms with Crippen molar-refractivity contribution in [3.05, 3.63) is 118 Å². The maximum Gasteiger partial charge on any atom is 0.259 e. The van der Waals surface area contributed by atoms with Crippen LogP contribution < -0.4 is 25.1 Å². The van der Waals surface area contributed by atoms with Crippen molar-refractivity contribution >= 4 is 46.9 Å². The number of para-hydroxylation sites is 1. The van der Waals surface area contributed by atoms with E-state index < -0.39 is 17.3 Å². The van der Waals surface area contributed by atoms with E-state index >= 15 is 0 Å². The topological polar surface area (TPSA) is 109 Å². The lowest BCUT2D eigenvalue weighted by Gasteiger charge is -2.52. The van der Waals surface area contributed by atoms with Crippen molar-refractivity contribution < 1.29 is 23.9 Å². The molecular weight excluding hydrogens is 580 g/mol. The molecule has 0 spiro atoms. The average Bonchev–Trinajstić information content (AvgIpc) is 3.62. The van der Waals surface area contributed by atoms with Crippen LogP contribution in [-0.2, 0) is 19.8 Å². The molecule has 2 atom stereocenters. The second-order valence-electron chi connectivity index (χ2n) is 11.2. The first kappa shape index (κ1) is 26.5. The smallest absolute Gasteiger partial charge is 0.259 e. The van der Waals surface area contributed by atoms with E-state index in [0.29, 0.717) is 27.9 Å². The van der Waals surface area contributed by atoms with Gasteiger partial charge in [-0.3, -0.25) is 14.4 Å². The Balaban J connectivity index is 1.17. The molecule has 0 radical (unpaired) electrons. The first-order chi connectivity index (χ1) is 21.5. The van der Waals surface area contributed by atoms with Crippen LogP contribution in [0.1, 0.15) is 28.2 Å². The van der Waals surface area contributed by atoms with Gasteiger partial charge in [-0.05, 0) is 46.5 Å². The van der Waals surface area contributed by atoms with E-state index in [1.807, 2.05) is 48.5 Å². The number of amides is 3. The standard InChI is InChI=1S/C34H25ClN4O5/c35-24-11-5-6-12-25(24)39-32(41)30-29-20-7-1-3-9-22(20)34(31(30)33(39)42,23-10-4-2-8-21(23)29)17-37-38-28(40)16-36-19-13-14-26-27(15-19)44-18-43-26/h1-15,17,29-31,36H,16,18H2,(H,38,40)/b37-17+/t29?,30-,31-,34?/m0/s1. The molecule has 10 heteroatoms. The van der Waals surface area contributed by atoms with Crippen LogP contribution in [0.2, 0.25) is 5.02 Å². The summed E-state index contributed by atoms with van der Waals surface area (Å²) in [6.07, 6.45) is 1.64. The number of ether oxygens (including phenoxy) is 2. The average molecular weight is 605 g/mol. The number of anilines is 2. The molecule has 0 unspecified atom stereocenters. The fourth-order valence-electron chi connectivity index (χ4n) is 7.35. The maximum absolute atomic E-state index is 14.4. The summed E-state index contributed by atoms with van der Waals surface area (Å²) < 4.78 is 10.7. The normalized spacial score (nSPS) is 23.8. The van der Waals surface area contributed by atoms with Gasteiger partial charge in [0.1, 0.15) is 0 Å². The van der Waals surface area contributed by atoms with Gasteiger partial charge < -0.3 is 14.8 Å². The Morgan fingerprint density at radius 3 is 2.34 bits per heavy atom. The van der Waals surface area contributed by atoms with E-state index in [9.17, 15) is 14.4 Å². The fourth-order valence-corrected chi connectivity index (χ4v) is 7.57. The van der Waals surface area contributed by atoms with Crippen LogP contribution in [0.25, 0.3) is 0 Å². The molecule has 2 N–H and O–H groups in total. The molecule has 44 heavy (non-hydrogen) atoms. The first-order valence-corrected chi connectivity index (χ1v) is 14.6. The Hall–Kier alpha value is -5.15. The number of nitrogens with zero attached hydrogens (tertiary/aromatic N) is 2. The van der Waals surface area contributed by atoms with E-state index in [1.54, 1.807) is 48.7 Å². The number of hydrogen-bond acceptors (Lipinski definition) is 7. The highest BCUT2D eigenvalue weighted by molar-refractivity contribution is 6.36. The predicted molar refractivity (Wildman–Crippen MR) is 164 cm³/mol. The van der Waals surface area contributed by atoms with E-state index in [1.165, 1.54) is 4.90 Å². The summed E-state index contributed by atoms with van der Waals surface area (Å²) in [6.45, 7) is 0.109. The molecule has 4 aromatic rings. The Morgan fingerprint density at radius 1 is 0.909 bits per heavy atom. The molecule has 2 aliphatic heterocycles. The van der Waals surface area contributed by atoms with Crippen molar-refractivity contribution in [2.24, 2.45) is 16.9 Å². The number of fused-ring (bicyclic) bond motifs is 1. The molecule has 1 saturated heterocycles. The molecule has 0 aromatic heterocycles. The number of nitrogens with one attached hydrogen (secondary N) is 2. The zero-order valence-corrected chi connectivity index (χ0v) is 24.0. The Bertz CT molecular complexity index is 1860. The Labute approximate surface area is 257 Å². The van der Waals surface area contributed by atoms with E-state index in [-0.39, 0.29) is 37.0 Å². The van der Waals surface area contributed by atoms with Crippen LogP contribution in [0, 0.1) is 11.8 Å². The molecule has 3 amide bonds. The van der Waals surface area contributed by atoms with Gasteiger partial charge in [0.05, 0.1) is 34.5 Å². The van der Waals surface area contributed by atoms with Gasteiger partial charge in [-0.25, -0.2) is 10.3 Å². The lowest BCUT2D eigenvalue weighted by molar-refractivity contribution is -0.122. The van der Waals surface area contributed by atoms with Gasteiger partial charge in [0.25, 0.3) is 5.91 Å². The minimum atomic E-state index is -1.10. The molecule has 2 bridgehead atoms. The number of imide groups is 1. The highest BCUT2D eigenvalue weighted by atomic mass is 35.5. The summed E-state index contributed by atoms with van der Waals surface area (Å²) in [5.74, 6) is -1.53. The lowest BCUT2D eigenvalue weighted by atomic mass is 9.47. The third-order valence-corrected chi connectivity index (χ3v) is 9.38. The van der Waals surface area contributed by atoms with Crippen LogP contribution in [-0.4, -0.2) is 37.3 Å². The number of halogens is 1. The molecule has 4 aromatic carbocycles. The number of benzene rings is 4. The summed E-state index contributed by atoms with van der Waals surface area (Å²) in [5, 5.41) is 7.83. The van der Waals surface area contributed by atoms with E-state index in [2.05, 4.69) is 15.8 Å². The van der Waals surface area contributed by atoms with Crippen LogP contribution >= 0.6 is 11.6 Å². The monoisotopic (exact) mass is 604 g/mol. The Kier molecular flexibility index (Phi) is 5.99. The molecule has 9 nitrogen and oxygen atoms in total. The molecule has 9 rings (SSSR count). The van der Waals surface area contributed by atoms with Crippen molar-refractivity contribution in [2.45, 2.75) is 11.3 Å². The van der Waals surface area contributed by atoms with E-state index in [0.717, 1.165) is 22.3 Å². The van der Waals surface area contributed by atoms with Gasteiger partial charge in [0, 0.05) is 23.9 Å². The quantitative estimate of drug-likeness (QED) is 0.185. The van der Waals surface area contributed by atoms with Crippen molar-refractivity contribution in [1.29, 1.82) is 0 Å². The molecule has 218 valence electrons. The first-order valence-electron chi connectivity index (χ1n) is 14.3. The van der Waals surface area contributed by atoms with Gasteiger partial charge in [-0.1, -0.05) is 72.3 Å². The summed E-state index contributed by atoms with van der Waals surface area (Å²) >= 11 is 6.51. The molecule has 3 aliphatic carbocycles. The highest BCUT2D eigenvalue weighted by Crippen LogP contribution is 2.63. The summed E-state index contributed by atoms with van der Waals surface area (Å²) in [5.41, 5.74) is 6.30. The predicted octanol–water partition coefficient (Wildman–Crippen LogP) is 4.83. The summed E-state index contributed by atoms with van der Waals surface area (Å²) in [6, 6.07) is 27.9. The van der Waals surface area contributed by atoms with Crippen molar-refractivity contribution in [2.75, 3.05) is 23.6 Å². The number of rotatable bonds is 6. The van der Waals surface area contributed by atoms with Gasteiger partial charge in [-0.15, -0.1) is 0 Å². The van der Waals surface area contributed by atoms with Gasteiger partial charge in [0.2, 0.25) is 18.6 Å². The molecule has 5 aliphatic rings. The molecule has 2 heterocycles. The van der Waals surface area contributed by atoms with Crippen LogP contribution in [0.5, 0.6) is 11.5 Å². The highest BCUT2D eigenvalue weighted by Gasteiger charge is 2.68. The number of carbonyl (C=O) groups excluding carboxylic acids is 3. The van der Waals surface area contributed by atoms with Crippen LogP contribution in [0.4, 0.5) is 11.4 Å².